The van der Waals surface area contributed by atoms with Crippen LogP contribution in [0.15, 0.2) is 18.2 Å². The molecule has 1 aliphatic rings. The Hall–Kier alpha value is -0.250. The molecular weight excluding hydrogens is 245 g/mol. The van der Waals surface area contributed by atoms with Gasteiger partial charge in [-0.15, -0.1) is 0 Å². The molecule has 1 unspecified atom stereocenters. The molecule has 0 aromatic heterocycles. The maximum Gasteiger partial charge on any atom is 0.123 e. The Labute approximate surface area is 105 Å². The van der Waals surface area contributed by atoms with Crippen LogP contribution < -0.4 is 5.73 Å². The highest BCUT2D eigenvalue weighted by Crippen LogP contribution is 2.41. The predicted octanol–water partition coefficient (Wildman–Crippen LogP) is 3.25. The Bertz CT molecular complexity index is 377. The number of halogens is 2. The summed E-state index contributed by atoms with van der Waals surface area (Å²) >= 11 is 7.97. The van der Waals surface area contributed by atoms with Crippen molar-refractivity contribution in [2.24, 2.45) is 5.73 Å². The highest BCUT2D eigenvalue weighted by Gasteiger charge is 2.33. The van der Waals surface area contributed by atoms with Crippen molar-refractivity contribution >= 4 is 23.4 Å². The van der Waals surface area contributed by atoms with Gasteiger partial charge >= 0.3 is 0 Å². The molecule has 0 aliphatic carbocycles. The molecule has 1 fully saturated rings. The van der Waals surface area contributed by atoms with E-state index in [1.807, 2.05) is 11.8 Å². The molecule has 1 heterocycles. The molecule has 1 aliphatic heterocycles. The van der Waals surface area contributed by atoms with E-state index < -0.39 is 0 Å². The molecule has 4 heteroatoms. The van der Waals surface area contributed by atoms with Crippen molar-refractivity contribution in [3.63, 3.8) is 0 Å². The van der Waals surface area contributed by atoms with Crippen molar-refractivity contribution in [1.82, 2.24) is 0 Å². The van der Waals surface area contributed by atoms with Crippen LogP contribution in [0.4, 0.5) is 4.39 Å². The Morgan fingerprint density at radius 1 is 1.50 bits per heavy atom. The zero-order valence-electron chi connectivity index (χ0n) is 9.01. The zero-order valence-corrected chi connectivity index (χ0v) is 10.6. The molecule has 1 nitrogen and oxygen atoms in total. The molecule has 1 aromatic carbocycles. The lowest BCUT2D eigenvalue weighted by Crippen LogP contribution is -2.34. The van der Waals surface area contributed by atoms with Crippen molar-refractivity contribution in [1.29, 1.82) is 0 Å². The third-order valence-corrected chi connectivity index (χ3v) is 5.07. The smallest absolute Gasteiger partial charge is 0.123 e. The van der Waals surface area contributed by atoms with E-state index in [4.69, 9.17) is 17.3 Å². The minimum atomic E-state index is -0.227. The number of nitrogens with two attached hydrogens (primary N) is 1. The van der Waals surface area contributed by atoms with Gasteiger partial charge in [0.05, 0.1) is 0 Å². The monoisotopic (exact) mass is 259 g/mol. The summed E-state index contributed by atoms with van der Waals surface area (Å²) in [5, 5.41) is 0.640. The van der Waals surface area contributed by atoms with Crippen molar-refractivity contribution in [2.75, 3.05) is 12.3 Å². The van der Waals surface area contributed by atoms with E-state index in [0.29, 0.717) is 11.6 Å². The molecule has 0 amide bonds. The average Bonchev–Trinajstić information content (AvgIpc) is 2.73. The first kappa shape index (κ1) is 12.2. The lowest BCUT2D eigenvalue weighted by molar-refractivity contribution is 0.560. The summed E-state index contributed by atoms with van der Waals surface area (Å²) in [4.78, 5) is 0. The van der Waals surface area contributed by atoms with Gasteiger partial charge in [0, 0.05) is 16.3 Å². The van der Waals surface area contributed by atoms with Crippen LogP contribution in [0.25, 0.3) is 0 Å². The second-order valence-corrected chi connectivity index (χ2v) is 6.22. The molecule has 0 spiro atoms. The minimum Gasteiger partial charge on any atom is -0.329 e. The maximum absolute atomic E-state index is 13.2. The molecule has 2 N–H and O–H groups in total. The molecule has 2 rings (SSSR count). The highest BCUT2D eigenvalue weighted by atomic mass is 35.5. The summed E-state index contributed by atoms with van der Waals surface area (Å²) in [6.45, 7) is 0.629. The fourth-order valence-corrected chi connectivity index (χ4v) is 3.72. The quantitative estimate of drug-likeness (QED) is 0.902. The van der Waals surface area contributed by atoms with Crippen molar-refractivity contribution in [3.05, 3.63) is 34.6 Å². The van der Waals surface area contributed by atoms with E-state index in [1.54, 1.807) is 6.07 Å². The van der Waals surface area contributed by atoms with Crippen LogP contribution in [0.3, 0.4) is 0 Å². The van der Waals surface area contributed by atoms with Crippen LogP contribution in [0.5, 0.6) is 0 Å². The van der Waals surface area contributed by atoms with Crippen LogP contribution in [0.1, 0.15) is 18.4 Å². The van der Waals surface area contributed by atoms with Crippen molar-refractivity contribution < 1.29 is 4.39 Å². The van der Waals surface area contributed by atoms with Crippen LogP contribution in [-0.2, 0) is 6.42 Å². The van der Waals surface area contributed by atoms with Crippen LogP contribution in [-0.4, -0.2) is 17.0 Å². The van der Waals surface area contributed by atoms with Gasteiger partial charge in [-0.2, -0.15) is 11.8 Å². The van der Waals surface area contributed by atoms with Gasteiger partial charge in [-0.05, 0) is 48.8 Å². The third kappa shape index (κ3) is 2.53. The summed E-state index contributed by atoms with van der Waals surface area (Å²) < 4.78 is 13.2. The van der Waals surface area contributed by atoms with Crippen LogP contribution in [0, 0.1) is 5.82 Å². The predicted molar refractivity (Wildman–Crippen MR) is 68.6 cm³/mol. The number of hydrogen-bond acceptors (Lipinski definition) is 2. The summed E-state index contributed by atoms with van der Waals surface area (Å²) in [6, 6.07) is 4.54. The van der Waals surface area contributed by atoms with Crippen LogP contribution >= 0.6 is 23.4 Å². The van der Waals surface area contributed by atoms with Gasteiger partial charge in [-0.25, -0.2) is 4.39 Å². The summed E-state index contributed by atoms with van der Waals surface area (Å²) in [5.41, 5.74) is 6.72. The lowest BCUT2D eigenvalue weighted by Gasteiger charge is -2.26. The second kappa shape index (κ2) is 4.94. The van der Waals surface area contributed by atoms with E-state index >= 15 is 0 Å². The van der Waals surface area contributed by atoms with E-state index in [9.17, 15) is 4.39 Å². The van der Waals surface area contributed by atoms with Gasteiger partial charge in [0.1, 0.15) is 5.82 Å². The molecule has 1 saturated heterocycles. The Morgan fingerprint density at radius 3 is 2.94 bits per heavy atom. The first-order valence-electron chi connectivity index (χ1n) is 5.43. The summed E-state index contributed by atoms with van der Waals surface area (Å²) in [5.74, 6) is 0.916. The van der Waals surface area contributed by atoms with E-state index in [0.717, 1.165) is 24.2 Å². The molecule has 0 saturated carbocycles. The van der Waals surface area contributed by atoms with Crippen molar-refractivity contribution in [2.45, 2.75) is 24.0 Å². The largest absolute Gasteiger partial charge is 0.329 e. The molecule has 1 atom stereocenters. The normalized spacial score (nSPS) is 24.9. The Kier molecular flexibility index (Phi) is 3.77. The third-order valence-electron chi connectivity index (χ3n) is 3.08. The van der Waals surface area contributed by atoms with Gasteiger partial charge in [0.2, 0.25) is 0 Å². The first-order chi connectivity index (χ1) is 7.65. The molecule has 88 valence electrons. The molecule has 16 heavy (non-hydrogen) atoms. The second-order valence-electron chi connectivity index (χ2n) is 4.25. The molecule has 0 radical (unpaired) electrons. The van der Waals surface area contributed by atoms with E-state index in [1.165, 1.54) is 18.6 Å². The Morgan fingerprint density at radius 2 is 2.31 bits per heavy atom. The number of rotatable bonds is 3. The highest BCUT2D eigenvalue weighted by molar-refractivity contribution is 8.00. The molecular formula is C12H15ClFNS. The van der Waals surface area contributed by atoms with Gasteiger partial charge in [-0.1, -0.05) is 11.6 Å². The fraction of sp³-hybridized carbons (Fsp3) is 0.500. The zero-order chi connectivity index (χ0) is 11.6. The lowest BCUT2D eigenvalue weighted by atomic mass is 9.94. The minimum absolute atomic E-state index is 0.0669. The van der Waals surface area contributed by atoms with E-state index in [-0.39, 0.29) is 10.6 Å². The van der Waals surface area contributed by atoms with Gasteiger partial charge in [0.15, 0.2) is 0 Å². The number of benzene rings is 1. The standard InChI is InChI=1S/C12H15ClFNS/c13-11-3-2-10(14)6-9(11)7-12(8-15)4-1-5-16-12/h2-3,6H,1,4-5,7-8,15H2. The van der Waals surface area contributed by atoms with Crippen molar-refractivity contribution in [3.8, 4) is 0 Å². The molecule has 0 bridgehead atoms. The summed E-state index contributed by atoms with van der Waals surface area (Å²) in [7, 11) is 0. The Balaban J connectivity index is 2.21. The van der Waals surface area contributed by atoms with Gasteiger partial charge in [0.25, 0.3) is 0 Å². The summed E-state index contributed by atoms with van der Waals surface area (Å²) in [6.07, 6.45) is 3.06. The van der Waals surface area contributed by atoms with E-state index in [2.05, 4.69) is 0 Å². The topological polar surface area (TPSA) is 26.0 Å². The maximum atomic E-state index is 13.2. The van der Waals surface area contributed by atoms with Gasteiger partial charge in [-0.3, -0.25) is 0 Å². The fourth-order valence-electron chi connectivity index (χ4n) is 2.15. The first-order valence-corrected chi connectivity index (χ1v) is 6.79. The average molecular weight is 260 g/mol. The SMILES string of the molecule is NCC1(Cc2cc(F)ccc2Cl)CCCS1. The number of thioether (sulfide) groups is 1. The number of hydrogen-bond donors (Lipinski definition) is 1. The molecule has 1 aromatic rings. The van der Waals surface area contributed by atoms with Crippen LogP contribution in [0.2, 0.25) is 5.02 Å². The van der Waals surface area contributed by atoms with Gasteiger partial charge < -0.3 is 5.73 Å².